The van der Waals surface area contributed by atoms with E-state index < -0.39 is 18.0 Å². The lowest BCUT2D eigenvalue weighted by molar-refractivity contribution is -0.138. The second kappa shape index (κ2) is 11.9. The van der Waals surface area contributed by atoms with E-state index in [9.17, 15) is 9.90 Å². The Bertz CT molecular complexity index is 865. The van der Waals surface area contributed by atoms with Gasteiger partial charge < -0.3 is 35.8 Å². The number of carbonyl (C=O) groups is 2. The maximum absolute atomic E-state index is 11.8. The fourth-order valence-corrected chi connectivity index (χ4v) is 2.35. The van der Waals surface area contributed by atoms with Crippen molar-refractivity contribution in [3.05, 3.63) is 53.6 Å². The Balaban J connectivity index is 0.00000103. The molecule has 0 bridgehead atoms. The molecule has 1 atom stereocenters. The Hall–Kier alpha value is -3.79. The molecule has 10 heteroatoms. The van der Waals surface area contributed by atoms with Crippen molar-refractivity contribution in [1.29, 1.82) is 5.41 Å². The zero-order valence-corrected chi connectivity index (χ0v) is 16.6. The monoisotopic (exact) mass is 419 g/mol. The van der Waals surface area contributed by atoms with Crippen LogP contribution < -0.4 is 20.5 Å². The summed E-state index contributed by atoms with van der Waals surface area (Å²) < 4.78 is 10.6. The molecule has 0 aliphatic rings. The molecular weight excluding hydrogens is 394 g/mol. The van der Waals surface area contributed by atoms with Crippen molar-refractivity contribution in [3.63, 3.8) is 0 Å². The highest BCUT2D eigenvalue weighted by molar-refractivity contribution is 5.95. The number of amidine groups is 1. The highest BCUT2D eigenvalue weighted by Gasteiger charge is 2.24. The smallest absolute Gasteiger partial charge is 0.330 e. The summed E-state index contributed by atoms with van der Waals surface area (Å²) in [4.78, 5) is 20.8. The molecule has 0 aromatic heterocycles. The highest BCUT2D eigenvalue weighted by atomic mass is 16.5. The first-order valence-electron chi connectivity index (χ1n) is 8.74. The summed E-state index contributed by atoms with van der Waals surface area (Å²) in [6.07, 6.45) is 0. The van der Waals surface area contributed by atoms with E-state index in [1.807, 2.05) is 0 Å². The number of benzene rings is 2. The molecular formula is C20H25N3O7. The number of carboxylic acid groups (broad SMARTS) is 2. The van der Waals surface area contributed by atoms with Crippen molar-refractivity contribution in [3.8, 4) is 11.5 Å². The Morgan fingerprint density at radius 1 is 1.17 bits per heavy atom. The number of rotatable bonds is 9. The van der Waals surface area contributed by atoms with Crippen LogP contribution in [0.4, 0.5) is 5.69 Å². The van der Waals surface area contributed by atoms with E-state index in [0.717, 1.165) is 6.92 Å². The predicted octanol–water partition coefficient (Wildman–Crippen LogP) is 1.68. The van der Waals surface area contributed by atoms with E-state index in [2.05, 4.69) is 5.32 Å². The van der Waals surface area contributed by atoms with E-state index in [0.29, 0.717) is 28.3 Å². The molecule has 0 amide bonds. The molecule has 162 valence electrons. The molecule has 0 heterocycles. The number of nitrogens with two attached hydrogens (primary N) is 1. The van der Waals surface area contributed by atoms with Gasteiger partial charge in [0.2, 0.25) is 0 Å². The van der Waals surface area contributed by atoms with Crippen LogP contribution in [0, 0.1) is 5.41 Å². The molecule has 7 N–H and O–H groups in total. The van der Waals surface area contributed by atoms with E-state index in [4.69, 9.17) is 35.6 Å². The normalized spacial score (nSPS) is 10.8. The van der Waals surface area contributed by atoms with Gasteiger partial charge in [0.15, 0.2) is 6.04 Å². The molecule has 0 radical (unpaired) electrons. The van der Waals surface area contributed by atoms with E-state index in [1.54, 1.807) is 42.5 Å². The summed E-state index contributed by atoms with van der Waals surface area (Å²) in [5.41, 5.74) is 6.90. The third-order valence-electron chi connectivity index (χ3n) is 3.63. The van der Waals surface area contributed by atoms with Gasteiger partial charge in [-0.05, 0) is 36.4 Å². The number of ether oxygens (including phenoxy) is 2. The average Bonchev–Trinajstić information content (AvgIpc) is 2.70. The topological polar surface area (TPSA) is 175 Å². The zero-order valence-electron chi connectivity index (χ0n) is 16.6. The zero-order chi connectivity index (χ0) is 22.7. The maximum atomic E-state index is 11.8. The van der Waals surface area contributed by atoms with Crippen molar-refractivity contribution in [2.75, 3.05) is 25.6 Å². The quantitative estimate of drug-likeness (QED) is 0.261. The Labute approximate surface area is 173 Å². The molecule has 10 nitrogen and oxygen atoms in total. The summed E-state index contributed by atoms with van der Waals surface area (Å²) in [7, 11) is 1.49. The number of aliphatic hydroxyl groups is 1. The van der Waals surface area contributed by atoms with Crippen LogP contribution in [0.15, 0.2) is 42.5 Å². The van der Waals surface area contributed by atoms with Gasteiger partial charge in [-0.3, -0.25) is 10.2 Å². The Kier molecular flexibility index (Phi) is 9.63. The number of aliphatic hydroxyl groups excluding tert-OH is 1. The van der Waals surface area contributed by atoms with Crippen molar-refractivity contribution >= 4 is 23.5 Å². The van der Waals surface area contributed by atoms with Gasteiger partial charge in [0.1, 0.15) is 23.9 Å². The third-order valence-corrected chi connectivity index (χ3v) is 3.63. The number of aliphatic carboxylic acids is 2. The summed E-state index contributed by atoms with van der Waals surface area (Å²) in [6.45, 7) is 0.911. The molecule has 0 fully saturated rings. The van der Waals surface area contributed by atoms with E-state index >= 15 is 0 Å². The minimum atomic E-state index is -1.10. The highest BCUT2D eigenvalue weighted by Crippen LogP contribution is 2.32. The van der Waals surface area contributed by atoms with Crippen LogP contribution >= 0.6 is 0 Å². The van der Waals surface area contributed by atoms with E-state index in [-0.39, 0.29) is 19.0 Å². The number of carboxylic acids is 2. The van der Waals surface area contributed by atoms with Gasteiger partial charge in [-0.25, -0.2) is 4.79 Å². The summed E-state index contributed by atoms with van der Waals surface area (Å²) >= 11 is 0. The van der Waals surface area contributed by atoms with Crippen molar-refractivity contribution in [2.45, 2.75) is 13.0 Å². The lowest BCUT2D eigenvalue weighted by atomic mass is 10.0. The predicted molar refractivity (Wildman–Crippen MR) is 110 cm³/mol. The second-order valence-electron chi connectivity index (χ2n) is 5.90. The fraction of sp³-hybridized carbons (Fsp3) is 0.250. The maximum Gasteiger partial charge on any atom is 0.330 e. The van der Waals surface area contributed by atoms with Gasteiger partial charge in [0, 0.05) is 29.8 Å². The molecule has 2 rings (SSSR count). The number of hydrogen-bond acceptors (Lipinski definition) is 7. The average molecular weight is 419 g/mol. The SMILES string of the molecule is CC(=O)O.COc1ccc(C(Nc2ccc(C(=N)N)cc2)C(=O)O)c(OCCO)c1. The molecule has 0 saturated carbocycles. The lowest BCUT2D eigenvalue weighted by Gasteiger charge is -2.20. The summed E-state index contributed by atoms with van der Waals surface area (Å²) in [5.74, 6) is -1.18. The van der Waals surface area contributed by atoms with Crippen LogP contribution in [0.2, 0.25) is 0 Å². The molecule has 2 aromatic carbocycles. The lowest BCUT2D eigenvalue weighted by Crippen LogP contribution is -2.22. The van der Waals surface area contributed by atoms with Gasteiger partial charge >= 0.3 is 5.97 Å². The molecule has 0 saturated heterocycles. The summed E-state index contributed by atoms with van der Waals surface area (Å²) in [6, 6.07) is 10.3. The second-order valence-corrected chi connectivity index (χ2v) is 5.90. The number of anilines is 1. The molecule has 1 unspecified atom stereocenters. The number of nitrogens with one attached hydrogen (secondary N) is 2. The van der Waals surface area contributed by atoms with Crippen LogP contribution in [-0.2, 0) is 9.59 Å². The van der Waals surface area contributed by atoms with Crippen LogP contribution in [0.25, 0.3) is 0 Å². The first kappa shape index (κ1) is 24.2. The first-order valence-corrected chi connectivity index (χ1v) is 8.74. The Morgan fingerprint density at radius 2 is 1.77 bits per heavy atom. The largest absolute Gasteiger partial charge is 0.497 e. The van der Waals surface area contributed by atoms with Crippen LogP contribution in [0.1, 0.15) is 24.1 Å². The number of methoxy groups -OCH3 is 1. The van der Waals surface area contributed by atoms with Gasteiger partial charge in [-0.2, -0.15) is 0 Å². The summed E-state index contributed by atoms with van der Waals surface area (Å²) in [5, 5.41) is 36.4. The van der Waals surface area contributed by atoms with Crippen LogP contribution in [0.3, 0.4) is 0 Å². The van der Waals surface area contributed by atoms with Crippen molar-refractivity contribution in [1.82, 2.24) is 0 Å². The van der Waals surface area contributed by atoms with Crippen molar-refractivity contribution in [2.24, 2.45) is 5.73 Å². The fourth-order valence-electron chi connectivity index (χ4n) is 2.35. The molecule has 0 spiro atoms. The van der Waals surface area contributed by atoms with Gasteiger partial charge in [-0.1, -0.05) is 0 Å². The van der Waals surface area contributed by atoms with E-state index in [1.165, 1.54) is 7.11 Å². The standard InChI is InChI=1S/C18H21N3O5.C2H4O2/c1-25-13-6-7-14(15(10-13)26-9-8-22)16(18(23)24)21-12-4-2-11(3-5-12)17(19)20;1-2(3)4/h2-7,10,16,21-22H,8-9H2,1H3,(H3,19,20)(H,23,24);1H3,(H,3,4). The third kappa shape index (κ3) is 7.68. The minimum Gasteiger partial charge on any atom is -0.497 e. The molecule has 0 aliphatic carbocycles. The Morgan fingerprint density at radius 3 is 2.23 bits per heavy atom. The molecule has 0 aliphatic heterocycles. The van der Waals surface area contributed by atoms with Gasteiger partial charge in [0.25, 0.3) is 5.97 Å². The number of nitrogen functional groups attached to an aromatic ring is 1. The van der Waals surface area contributed by atoms with Crippen molar-refractivity contribution < 1.29 is 34.4 Å². The molecule has 30 heavy (non-hydrogen) atoms. The number of hydrogen-bond donors (Lipinski definition) is 6. The van der Waals surface area contributed by atoms with Crippen LogP contribution in [0.5, 0.6) is 11.5 Å². The minimum absolute atomic E-state index is 0.0276. The van der Waals surface area contributed by atoms with Gasteiger partial charge in [-0.15, -0.1) is 0 Å². The molecule has 2 aromatic rings. The van der Waals surface area contributed by atoms with Crippen LogP contribution in [-0.4, -0.2) is 53.4 Å². The first-order chi connectivity index (χ1) is 14.2. The van der Waals surface area contributed by atoms with Gasteiger partial charge in [0.05, 0.1) is 13.7 Å².